The summed E-state index contributed by atoms with van der Waals surface area (Å²) in [5.74, 6) is 3.22. The van der Waals surface area contributed by atoms with Crippen LogP contribution in [-0.2, 0) is 4.74 Å². The zero-order valence-electron chi connectivity index (χ0n) is 20.7. The molecule has 0 spiro atoms. The number of likely N-dealkylation sites (tertiary alicyclic amines) is 1. The highest BCUT2D eigenvalue weighted by atomic mass is 16.5. The van der Waals surface area contributed by atoms with E-state index in [1.54, 1.807) is 12.4 Å². The summed E-state index contributed by atoms with van der Waals surface area (Å²) in [6.45, 7) is 13.9. The molecule has 0 N–H and O–H groups in total. The van der Waals surface area contributed by atoms with Gasteiger partial charge in [0.15, 0.2) is 0 Å². The molecule has 1 amide bonds. The van der Waals surface area contributed by atoms with E-state index in [-0.39, 0.29) is 17.9 Å². The highest BCUT2D eigenvalue weighted by molar-refractivity contribution is 5.98. The minimum absolute atomic E-state index is 0.0229. The summed E-state index contributed by atoms with van der Waals surface area (Å²) >= 11 is 0. The topological polar surface area (TPSA) is 60.2 Å². The fourth-order valence-electron chi connectivity index (χ4n) is 5.38. The first kappa shape index (κ1) is 23.3. The van der Waals surface area contributed by atoms with E-state index in [0.717, 1.165) is 30.8 Å². The van der Waals surface area contributed by atoms with Crippen LogP contribution < -0.4 is 0 Å². The normalized spacial score (nSPS) is 24.7. The molecule has 1 fully saturated rings. The van der Waals surface area contributed by atoms with Crippen LogP contribution in [0.25, 0.3) is 5.69 Å². The third-order valence-electron chi connectivity index (χ3n) is 7.60. The number of benzene rings is 1. The lowest BCUT2D eigenvalue weighted by atomic mass is 9.79. The monoisotopic (exact) mass is 448 g/mol. The van der Waals surface area contributed by atoms with Crippen molar-refractivity contribution >= 4 is 5.91 Å². The first-order valence-corrected chi connectivity index (χ1v) is 12.2. The molecule has 2 aliphatic heterocycles. The van der Waals surface area contributed by atoms with Gasteiger partial charge in [-0.15, -0.1) is 0 Å². The van der Waals surface area contributed by atoms with Crippen LogP contribution in [0.3, 0.4) is 0 Å². The third-order valence-corrected chi connectivity index (χ3v) is 7.60. The first-order chi connectivity index (χ1) is 15.8. The number of hydrogen-bond donors (Lipinski definition) is 0. The molecule has 0 aliphatic carbocycles. The molecular weight excluding hydrogens is 412 g/mol. The summed E-state index contributed by atoms with van der Waals surface area (Å²) in [5, 5.41) is 8.48. The lowest BCUT2D eigenvalue weighted by Crippen LogP contribution is -2.46. The highest BCUT2D eigenvalue weighted by Gasteiger charge is 2.37. The van der Waals surface area contributed by atoms with Crippen LogP contribution >= 0.6 is 0 Å². The molecule has 33 heavy (non-hydrogen) atoms. The van der Waals surface area contributed by atoms with Crippen LogP contribution in [0.5, 0.6) is 0 Å². The van der Waals surface area contributed by atoms with Gasteiger partial charge in [0, 0.05) is 24.4 Å². The minimum atomic E-state index is 0.0229. The van der Waals surface area contributed by atoms with Gasteiger partial charge in [0.05, 0.1) is 23.6 Å². The average Bonchev–Trinajstić information content (AvgIpc) is 3.36. The Morgan fingerprint density at radius 3 is 2.55 bits per heavy atom. The van der Waals surface area contributed by atoms with Gasteiger partial charge in [0.2, 0.25) is 0 Å². The largest absolute Gasteiger partial charge is 0.466 e. The molecule has 1 saturated heterocycles. The molecule has 0 bridgehead atoms. The number of allylic oxidation sites excluding steroid dienone is 3. The van der Waals surface area contributed by atoms with Gasteiger partial charge in [-0.2, -0.15) is 15.0 Å². The molecule has 1 aromatic heterocycles. The second-order valence-electron chi connectivity index (χ2n) is 9.61. The number of aromatic nitrogens is 3. The van der Waals surface area contributed by atoms with Crippen molar-refractivity contribution in [3.05, 3.63) is 64.9 Å². The van der Waals surface area contributed by atoms with Crippen molar-refractivity contribution in [2.75, 3.05) is 6.54 Å². The van der Waals surface area contributed by atoms with Gasteiger partial charge in [0.25, 0.3) is 5.91 Å². The lowest BCUT2D eigenvalue weighted by molar-refractivity contribution is 0.0534. The maximum Gasteiger partial charge on any atom is 0.256 e. The molecular formula is C27H36N4O2. The zero-order chi connectivity index (χ0) is 23.7. The van der Waals surface area contributed by atoms with Crippen molar-refractivity contribution in [3.63, 3.8) is 0 Å². The number of nitrogens with zero attached hydrogens (tertiary/aromatic N) is 4. The number of rotatable bonds is 5. The van der Waals surface area contributed by atoms with Gasteiger partial charge < -0.3 is 9.64 Å². The van der Waals surface area contributed by atoms with Gasteiger partial charge in [-0.3, -0.25) is 4.79 Å². The Labute approximate surface area is 197 Å². The molecule has 2 aliphatic rings. The Hall–Kier alpha value is -2.89. The van der Waals surface area contributed by atoms with Crippen LogP contribution in [0.1, 0.15) is 71.2 Å². The van der Waals surface area contributed by atoms with E-state index >= 15 is 0 Å². The Bertz CT molecular complexity index is 1070. The number of amides is 1. The molecule has 4 rings (SSSR count). The molecule has 3 heterocycles. The standard InChI is InChI=1S/C27H36N4O2/c1-7-17(2)25-19(4)20(5)26(33-21(25)6)22-13-12-18(3)30(16-22)27(32)23-10-8-9-11-24(23)31-28-14-15-29-31/h8-11,14-15,17-19,22H,7,12-13,16H2,1-6H3. The highest BCUT2D eigenvalue weighted by Crippen LogP contribution is 2.42. The van der Waals surface area contributed by atoms with Crippen molar-refractivity contribution in [1.82, 2.24) is 19.9 Å². The number of para-hydroxylation sites is 1. The van der Waals surface area contributed by atoms with Crippen molar-refractivity contribution < 1.29 is 9.53 Å². The van der Waals surface area contributed by atoms with Gasteiger partial charge in [-0.25, -0.2) is 0 Å². The summed E-state index contributed by atoms with van der Waals surface area (Å²) in [6, 6.07) is 7.74. The quantitative estimate of drug-likeness (QED) is 0.583. The smallest absolute Gasteiger partial charge is 0.256 e. The van der Waals surface area contributed by atoms with Crippen molar-refractivity contribution in [1.29, 1.82) is 0 Å². The molecule has 176 valence electrons. The SMILES string of the molecule is CCC(C)C1=C(C)OC(C2CCC(C)N(C(=O)c3ccccc3-n3nccn3)C2)=C(C)C1C. The van der Waals surface area contributed by atoms with E-state index < -0.39 is 0 Å². The van der Waals surface area contributed by atoms with Gasteiger partial charge in [-0.1, -0.05) is 32.9 Å². The van der Waals surface area contributed by atoms with Gasteiger partial charge >= 0.3 is 0 Å². The summed E-state index contributed by atoms with van der Waals surface area (Å²) in [4.78, 5) is 17.3. The van der Waals surface area contributed by atoms with E-state index in [1.807, 2.05) is 29.2 Å². The van der Waals surface area contributed by atoms with E-state index in [4.69, 9.17) is 4.74 Å². The van der Waals surface area contributed by atoms with E-state index in [1.165, 1.54) is 15.9 Å². The predicted molar refractivity (Wildman–Crippen MR) is 130 cm³/mol. The van der Waals surface area contributed by atoms with E-state index in [0.29, 0.717) is 29.6 Å². The number of carbonyl (C=O) groups is 1. The predicted octanol–water partition coefficient (Wildman–Crippen LogP) is 5.77. The molecule has 6 nitrogen and oxygen atoms in total. The molecule has 2 aromatic rings. The zero-order valence-corrected chi connectivity index (χ0v) is 20.7. The Morgan fingerprint density at radius 1 is 1.15 bits per heavy atom. The maximum atomic E-state index is 13.7. The fourth-order valence-corrected chi connectivity index (χ4v) is 5.38. The molecule has 0 saturated carbocycles. The van der Waals surface area contributed by atoms with E-state index in [9.17, 15) is 4.79 Å². The first-order valence-electron chi connectivity index (χ1n) is 12.2. The summed E-state index contributed by atoms with van der Waals surface area (Å²) in [5.41, 5.74) is 4.05. The summed E-state index contributed by atoms with van der Waals surface area (Å²) < 4.78 is 6.49. The number of piperidine rings is 1. The summed E-state index contributed by atoms with van der Waals surface area (Å²) in [7, 11) is 0. The van der Waals surface area contributed by atoms with Crippen molar-refractivity contribution in [2.24, 2.45) is 17.8 Å². The molecule has 0 radical (unpaired) electrons. The van der Waals surface area contributed by atoms with Crippen LogP contribution in [-0.4, -0.2) is 38.4 Å². The minimum Gasteiger partial charge on any atom is -0.466 e. The second-order valence-corrected chi connectivity index (χ2v) is 9.61. The fraction of sp³-hybridized carbons (Fsp3) is 0.519. The van der Waals surface area contributed by atoms with Crippen molar-refractivity contribution in [2.45, 2.75) is 66.8 Å². The van der Waals surface area contributed by atoms with Crippen LogP contribution in [0.2, 0.25) is 0 Å². The number of ether oxygens (including phenoxy) is 1. The maximum absolute atomic E-state index is 13.7. The summed E-state index contributed by atoms with van der Waals surface area (Å²) in [6.07, 6.45) is 6.34. The van der Waals surface area contributed by atoms with E-state index in [2.05, 4.69) is 51.7 Å². The Kier molecular flexibility index (Phi) is 6.73. The van der Waals surface area contributed by atoms with Gasteiger partial charge in [0.1, 0.15) is 11.5 Å². The lowest BCUT2D eigenvalue weighted by Gasteiger charge is -2.41. The molecule has 4 unspecified atom stereocenters. The number of hydrogen-bond acceptors (Lipinski definition) is 4. The van der Waals surface area contributed by atoms with Gasteiger partial charge in [-0.05, 0) is 69.2 Å². The molecule has 4 atom stereocenters. The Balaban J connectivity index is 1.60. The average molecular weight is 449 g/mol. The molecule has 6 heteroatoms. The number of carbonyl (C=O) groups excluding carboxylic acids is 1. The van der Waals surface area contributed by atoms with Crippen LogP contribution in [0.15, 0.2) is 59.3 Å². The molecule has 1 aromatic carbocycles. The second kappa shape index (κ2) is 9.54. The third kappa shape index (κ3) is 4.35. The van der Waals surface area contributed by atoms with Crippen LogP contribution in [0.4, 0.5) is 0 Å². The van der Waals surface area contributed by atoms with Crippen LogP contribution in [0, 0.1) is 17.8 Å². The Morgan fingerprint density at radius 2 is 1.85 bits per heavy atom. The van der Waals surface area contributed by atoms with Crippen molar-refractivity contribution in [3.8, 4) is 5.69 Å².